The first kappa shape index (κ1) is 15.0. The third kappa shape index (κ3) is 3.99. The molecule has 0 spiro atoms. The van der Waals surface area contributed by atoms with Gasteiger partial charge in [-0.2, -0.15) is 0 Å². The minimum Gasteiger partial charge on any atom is -0.479 e. The van der Waals surface area contributed by atoms with Crippen molar-refractivity contribution in [3.63, 3.8) is 0 Å². The lowest BCUT2D eigenvalue weighted by atomic mass is 10.1. The molecule has 0 aliphatic heterocycles. The van der Waals surface area contributed by atoms with E-state index < -0.39 is 6.10 Å². The van der Waals surface area contributed by atoms with Crippen molar-refractivity contribution in [2.45, 2.75) is 32.9 Å². The first-order chi connectivity index (χ1) is 8.45. The van der Waals surface area contributed by atoms with Gasteiger partial charge in [-0.15, -0.1) is 0 Å². The van der Waals surface area contributed by atoms with Crippen molar-refractivity contribution < 1.29 is 14.3 Å². The van der Waals surface area contributed by atoms with Crippen molar-refractivity contribution in [3.8, 4) is 5.75 Å². The summed E-state index contributed by atoms with van der Waals surface area (Å²) in [5, 5.41) is 0. The molecule has 100 valence electrons. The lowest BCUT2D eigenvalue weighted by molar-refractivity contribution is -0.150. The SMILES string of the molecule is CCOC(=O)C(C)Oc1cc(Br)ccc1[C@@H](C)N. The number of hydrogen-bond donors (Lipinski definition) is 1. The molecule has 0 saturated heterocycles. The number of hydrogen-bond acceptors (Lipinski definition) is 4. The van der Waals surface area contributed by atoms with Crippen LogP contribution in [0.25, 0.3) is 0 Å². The third-order valence-electron chi connectivity index (χ3n) is 2.39. The van der Waals surface area contributed by atoms with E-state index in [0.29, 0.717) is 12.4 Å². The fourth-order valence-corrected chi connectivity index (χ4v) is 1.82. The molecule has 1 rings (SSSR count). The summed E-state index contributed by atoms with van der Waals surface area (Å²) in [6, 6.07) is 5.40. The molecule has 0 saturated carbocycles. The maximum Gasteiger partial charge on any atom is 0.347 e. The topological polar surface area (TPSA) is 61.5 Å². The van der Waals surface area contributed by atoms with E-state index in [9.17, 15) is 4.79 Å². The Labute approximate surface area is 116 Å². The Kier molecular flexibility index (Phi) is 5.62. The summed E-state index contributed by atoms with van der Waals surface area (Å²) in [7, 11) is 0. The van der Waals surface area contributed by atoms with E-state index in [1.165, 1.54) is 0 Å². The fraction of sp³-hybridized carbons (Fsp3) is 0.462. The average Bonchev–Trinajstić information content (AvgIpc) is 2.28. The standard InChI is InChI=1S/C13H18BrNO3/c1-4-17-13(16)9(3)18-12-7-10(14)5-6-11(12)8(2)15/h5-9H,4,15H2,1-3H3/t8-,9?/m1/s1. The molecule has 18 heavy (non-hydrogen) atoms. The van der Waals surface area contributed by atoms with Crippen molar-refractivity contribution in [2.75, 3.05) is 6.61 Å². The van der Waals surface area contributed by atoms with E-state index in [2.05, 4.69) is 15.9 Å². The normalized spacial score (nSPS) is 13.8. The second-order valence-electron chi connectivity index (χ2n) is 3.98. The highest BCUT2D eigenvalue weighted by molar-refractivity contribution is 9.10. The molecule has 4 nitrogen and oxygen atoms in total. The molecule has 0 radical (unpaired) electrons. The maximum absolute atomic E-state index is 11.5. The van der Waals surface area contributed by atoms with Crippen LogP contribution in [0.5, 0.6) is 5.75 Å². The summed E-state index contributed by atoms with van der Waals surface area (Å²) in [4.78, 5) is 11.5. The van der Waals surface area contributed by atoms with Crippen LogP contribution in [0, 0.1) is 0 Å². The summed E-state index contributed by atoms with van der Waals surface area (Å²) in [6.07, 6.45) is -0.656. The van der Waals surface area contributed by atoms with Gasteiger partial charge in [-0.25, -0.2) is 4.79 Å². The van der Waals surface area contributed by atoms with Gasteiger partial charge in [-0.1, -0.05) is 22.0 Å². The number of nitrogens with two attached hydrogens (primary N) is 1. The van der Waals surface area contributed by atoms with E-state index in [-0.39, 0.29) is 12.0 Å². The van der Waals surface area contributed by atoms with Gasteiger partial charge in [0, 0.05) is 16.1 Å². The molecule has 0 amide bonds. The van der Waals surface area contributed by atoms with E-state index in [0.717, 1.165) is 10.0 Å². The van der Waals surface area contributed by atoms with Crippen LogP contribution in [0.2, 0.25) is 0 Å². The van der Waals surface area contributed by atoms with E-state index in [4.69, 9.17) is 15.2 Å². The molecule has 0 aliphatic carbocycles. The largest absolute Gasteiger partial charge is 0.479 e. The third-order valence-corrected chi connectivity index (χ3v) is 2.88. The predicted octanol–water partition coefficient (Wildman–Crippen LogP) is 2.80. The van der Waals surface area contributed by atoms with Crippen LogP contribution in [0.3, 0.4) is 0 Å². The molecule has 1 unspecified atom stereocenters. The number of halogens is 1. The highest BCUT2D eigenvalue weighted by atomic mass is 79.9. The molecular weight excluding hydrogens is 298 g/mol. The summed E-state index contributed by atoms with van der Waals surface area (Å²) < 4.78 is 11.4. The molecule has 0 bridgehead atoms. The van der Waals surface area contributed by atoms with Gasteiger partial charge in [0.05, 0.1) is 6.61 Å². The van der Waals surface area contributed by atoms with Crippen LogP contribution in [0.1, 0.15) is 32.4 Å². The first-order valence-electron chi connectivity index (χ1n) is 5.84. The van der Waals surface area contributed by atoms with E-state index in [1.807, 2.05) is 19.1 Å². The quantitative estimate of drug-likeness (QED) is 0.849. The van der Waals surface area contributed by atoms with Gasteiger partial charge in [-0.3, -0.25) is 0 Å². The fourth-order valence-electron chi connectivity index (χ4n) is 1.48. The van der Waals surface area contributed by atoms with Crippen LogP contribution in [-0.4, -0.2) is 18.7 Å². The Hall–Kier alpha value is -1.07. The van der Waals surface area contributed by atoms with Crippen LogP contribution >= 0.6 is 15.9 Å². The molecule has 1 aromatic rings. The summed E-state index contributed by atoms with van der Waals surface area (Å²) in [5.74, 6) is 0.216. The van der Waals surface area contributed by atoms with Crippen molar-refractivity contribution >= 4 is 21.9 Å². The van der Waals surface area contributed by atoms with Crippen LogP contribution in [0.4, 0.5) is 0 Å². The van der Waals surface area contributed by atoms with Gasteiger partial charge in [0.1, 0.15) is 5.75 Å². The van der Waals surface area contributed by atoms with Gasteiger partial charge in [0.25, 0.3) is 0 Å². The Morgan fingerprint density at radius 3 is 2.67 bits per heavy atom. The second kappa shape index (κ2) is 6.75. The molecular formula is C13H18BrNO3. The lowest BCUT2D eigenvalue weighted by Crippen LogP contribution is -2.26. The van der Waals surface area contributed by atoms with E-state index >= 15 is 0 Å². The zero-order valence-corrected chi connectivity index (χ0v) is 12.4. The van der Waals surface area contributed by atoms with Crippen molar-refractivity contribution in [1.29, 1.82) is 0 Å². The van der Waals surface area contributed by atoms with Crippen molar-refractivity contribution in [3.05, 3.63) is 28.2 Å². The van der Waals surface area contributed by atoms with Crippen molar-refractivity contribution in [1.82, 2.24) is 0 Å². The Balaban J connectivity index is 2.88. The van der Waals surface area contributed by atoms with Gasteiger partial charge >= 0.3 is 5.97 Å². The summed E-state index contributed by atoms with van der Waals surface area (Å²) in [6.45, 7) is 5.62. The van der Waals surface area contributed by atoms with E-state index in [1.54, 1.807) is 19.9 Å². The van der Waals surface area contributed by atoms with Crippen molar-refractivity contribution in [2.24, 2.45) is 5.73 Å². The van der Waals surface area contributed by atoms with Gasteiger partial charge in [-0.05, 0) is 32.9 Å². The molecule has 1 aromatic carbocycles. The maximum atomic E-state index is 11.5. The highest BCUT2D eigenvalue weighted by Crippen LogP contribution is 2.28. The molecule has 0 fully saturated rings. The number of carbonyl (C=O) groups is 1. The summed E-state index contributed by atoms with van der Waals surface area (Å²) >= 11 is 3.37. The first-order valence-corrected chi connectivity index (χ1v) is 6.63. The average molecular weight is 316 g/mol. The monoisotopic (exact) mass is 315 g/mol. The predicted molar refractivity (Wildman–Crippen MR) is 73.5 cm³/mol. The smallest absolute Gasteiger partial charge is 0.347 e. The Morgan fingerprint density at radius 1 is 1.44 bits per heavy atom. The van der Waals surface area contributed by atoms with Gasteiger partial charge < -0.3 is 15.2 Å². The Bertz CT molecular complexity index is 421. The summed E-state index contributed by atoms with van der Waals surface area (Å²) in [5.41, 5.74) is 6.72. The minimum absolute atomic E-state index is 0.164. The number of carbonyl (C=O) groups excluding carboxylic acids is 1. The van der Waals surface area contributed by atoms with Gasteiger partial charge in [0.15, 0.2) is 6.10 Å². The van der Waals surface area contributed by atoms with Crippen LogP contribution in [0.15, 0.2) is 22.7 Å². The molecule has 5 heteroatoms. The zero-order valence-electron chi connectivity index (χ0n) is 10.8. The molecule has 0 heterocycles. The zero-order chi connectivity index (χ0) is 13.7. The Morgan fingerprint density at radius 2 is 2.11 bits per heavy atom. The highest BCUT2D eigenvalue weighted by Gasteiger charge is 2.18. The number of ether oxygens (including phenoxy) is 2. The molecule has 0 aromatic heterocycles. The number of rotatable bonds is 5. The van der Waals surface area contributed by atoms with Gasteiger partial charge in [0.2, 0.25) is 0 Å². The second-order valence-corrected chi connectivity index (χ2v) is 4.90. The number of esters is 1. The number of benzene rings is 1. The minimum atomic E-state index is -0.656. The molecule has 2 N–H and O–H groups in total. The lowest BCUT2D eigenvalue weighted by Gasteiger charge is -2.18. The molecule has 0 aliphatic rings. The van der Waals surface area contributed by atoms with Crippen LogP contribution < -0.4 is 10.5 Å². The molecule has 2 atom stereocenters. The van der Waals surface area contributed by atoms with Crippen LogP contribution in [-0.2, 0) is 9.53 Å².